The van der Waals surface area contributed by atoms with Crippen molar-refractivity contribution in [1.29, 1.82) is 0 Å². The van der Waals surface area contributed by atoms with E-state index in [-0.39, 0.29) is 5.91 Å². The van der Waals surface area contributed by atoms with E-state index in [4.69, 9.17) is 0 Å². The van der Waals surface area contributed by atoms with Gasteiger partial charge in [0.15, 0.2) is 0 Å². The van der Waals surface area contributed by atoms with Crippen molar-refractivity contribution in [2.75, 3.05) is 19.6 Å². The minimum absolute atomic E-state index is 0.119. The van der Waals surface area contributed by atoms with E-state index < -0.39 is 0 Å². The molecule has 1 aromatic carbocycles. The summed E-state index contributed by atoms with van der Waals surface area (Å²) in [7, 11) is 0. The van der Waals surface area contributed by atoms with Crippen LogP contribution in [-0.4, -0.2) is 25.5 Å². The molecule has 3 nitrogen and oxygen atoms in total. The molecule has 1 atom stereocenters. The molecule has 0 radical (unpaired) electrons. The van der Waals surface area contributed by atoms with Gasteiger partial charge in [-0.1, -0.05) is 44.2 Å². The van der Waals surface area contributed by atoms with Gasteiger partial charge in [-0.15, -0.1) is 0 Å². The van der Waals surface area contributed by atoms with Gasteiger partial charge in [-0.2, -0.15) is 0 Å². The lowest BCUT2D eigenvalue weighted by atomic mass is 10.0. The molecule has 0 aliphatic carbocycles. The molecule has 1 rings (SSSR count). The first kappa shape index (κ1) is 13.7. The summed E-state index contributed by atoms with van der Waals surface area (Å²) in [6.45, 7) is 6.53. The predicted molar refractivity (Wildman–Crippen MR) is 71.0 cm³/mol. The normalized spacial score (nSPS) is 12.1. The van der Waals surface area contributed by atoms with Gasteiger partial charge in [0.05, 0.1) is 0 Å². The predicted octanol–water partition coefficient (Wildman–Crippen LogP) is 1.91. The Morgan fingerprint density at radius 3 is 2.65 bits per heavy atom. The van der Waals surface area contributed by atoms with Gasteiger partial charge in [0.1, 0.15) is 0 Å². The standard InChI is InChI=1S/C14H22N2O/c1-3-15-10-9-14(17)16-11-12(2)13-7-5-4-6-8-13/h4-8,12,15H,3,9-11H2,1-2H3,(H,16,17). The van der Waals surface area contributed by atoms with Crippen LogP contribution < -0.4 is 10.6 Å². The summed E-state index contributed by atoms with van der Waals surface area (Å²) in [5.74, 6) is 0.480. The lowest BCUT2D eigenvalue weighted by molar-refractivity contribution is -0.121. The van der Waals surface area contributed by atoms with Crippen LogP contribution in [0.2, 0.25) is 0 Å². The molecule has 0 heterocycles. The summed E-state index contributed by atoms with van der Waals surface area (Å²) < 4.78 is 0. The molecule has 0 spiro atoms. The number of nitrogens with one attached hydrogen (secondary N) is 2. The molecule has 0 fully saturated rings. The zero-order chi connectivity index (χ0) is 12.5. The van der Waals surface area contributed by atoms with Crippen molar-refractivity contribution < 1.29 is 4.79 Å². The highest BCUT2D eigenvalue weighted by Gasteiger charge is 2.06. The number of rotatable bonds is 7. The molecule has 2 N–H and O–H groups in total. The Morgan fingerprint density at radius 2 is 2.00 bits per heavy atom. The van der Waals surface area contributed by atoms with Crippen LogP contribution in [0.1, 0.15) is 31.7 Å². The topological polar surface area (TPSA) is 41.1 Å². The van der Waals surface area contributed by atoms with E-state index in [1.807, 2.05) is 25.1 Å². The average Bonchev–Trinajstić information content (AvgIpc) is 2.37. The van der Waals surface area contributed by atoms with Crippen LogP contribution >= 0.6 is 0 Å². The maximum atomic E-state index is 11.5. The van der Waals surface area contributed by atoms with Gasteiger partial charge in [-0.25, -0.2) is 0 Å². The van der Waals surface area contributed by atoms with Gasteiger partial charge >= 0.3 is 0 Å². The molecule has 1 amide bonds. The average molecular weight is 234 g/mol. The van der Waals surface area contributed by atoms with Crippen LogP contribution in [0.25, 0.3) is 0 Å². The monoisotopic (exact) mass is 234 g/mol. The van der Waals surface area contributed by atoms with Crippen LogP contribution in [0.3, 0.4) is 0 Å². The molecule has 0 saturated heterocycles. The highest BCUT2D eigenvalue weighted by atomic mass is 16.1. The second-order valence-corrected chi connectivity index (χ2v) is 4.22. The van der Waals surface area contributed by atoms with Crippen LogP contribution in [0, 0.1) is 0 Å². The summed E-state index contributed by atoms with van der Waals surface area (Å²) in [5.41, 5.74) is 1.26. The van der Waals surface area contributed by atoms with E-state index in [9.17, 15) is 4.79 Å². The summed E-state index contributed by atoms with van der Waals surface area (Å²) in [6, 6.07) is 10.2. The van der Waals surface area contributed by atoms with Crippen molar-refractivity contribution in [2.45, 2.75) is 26.2 Å². The fourth-order valence-corrected chi connectivity index (χ4v) is 1.63. The van der Waals surface area contributed by atoms with Crippen LogP contribution in [0.15, 0.2) is 30.3 Å². The molecule has 3 heteroatoms. The Kier molecular flexibility index (Phi) is 6.33. The fraction of sp³-hybridized carbons (Fsp3) is 0.500. The highest BCUT2D eigenvalue weighted by molar-refractivity contribution is 5.76. The second kappa shape index (κ2) is 7.85. The van der Waals surface area contributed by atoms with Crippen molar-refractivity contribution in [3.05, 3.63) is 35.9 Å². The number of hydrogen-bond donors (Lipinski definition) is 2. The minimum Gasteiger partial charge on any atom is -0.355 e. The number of hydrogen-bond acceptors (Lipinski definition) is 2. The van der Waals surface area contributed by atoms with Gasteiger partial charge in [0.2, 0.25) is 5.91 Å². The zero-order valence-electron chi connectivity index (χ0n) is 10.7. The van der Waals surface area contributed by atoms with E-state index in [1.54, 1.807) is 0 Å². The first-order valence-corrected chi connectivity index (χ1v) is 6.26. The van der Waals surface area contributed by atoms with Crippen LogP contribution in [-0.2, 0) is 4.79 Å². The summed E-state index contributed by atoms with van der Waals surface area (Å²) in [4.78, 5) is 11.5. The van der Waals surface area contributed by atoms with E-state index in [0.717, 1.165) is 13.1 Å². The maximum absolute atomic E-state index is 11.5. The van der Waals surface area contributed by atoms with E-state index in [0.29, 0.717) is 18.9 Å². The molecule has 0 saturated carbocycles. The summed E-state index contributed by atoms with van der Waals surface area (Å²) in [5, 5.41) is 6.10. The van der Waals surface area contributed by atoms with E-state index in [1.165, 1.54) is 5.56 Å². The Morgan fingerprint density at radius 1 is 1.29 bits per heavy atom. The van der Waals surface area contributed by atoms with Crippen LogP contribution in [0.5, 0.6) is 0 Å². The molecule has 0 aliphatic heterocycles. The van der Waals surface area contributed by atoms with Crippen molar-refractivity contribution in [3.8, 4) is 0 Å². The van der Waals surface area contributed by atoms with Gasteiger partial charge in [-0.05, 0) is 18.0 Å². The molecular formula is C14H22N2O. The van der Waals surface area contributed by atoms with Crippen molar-refractivity contribution in [3.63, 3.8) is 0 Å². The minimum atomic E-state index is 0.119. The maximum Gasteiger partial charge on any atom is 0.221 e. The van der Waals surface area contributed by atoms with E-state index in [2.05, 4.69) is 29.7 Å². The van der Waals surface area contributed by atoms with Gasteiger partial charge in [0, 0.05) is 19.5 Å². The Balaban J connectivity index is 2.24. The fourth-order valence-electron chi connectivity index (χ4n) is 1.63. The third-order valence-electron chi connectivity index (χ3n) is 2.75. The lowest BCUT2D eigenvalue weighted by Gasteiger charge is -2.13. The van der Waals surface area contributed by atoms with Crippen molar-refractivity contribution >= 4 is 5.91 Å². The quantitative estimate of drug-likeness (QED) is 0.708. The molecule has 0 aromatic heterocycles. The van der Waals surface area contributed by atoms with Crippen molar-refractivity contribution in [2.24, 2.45) is 0 Å². The molecule has 1 aromatic rings. The smallest absolute Gasteiger partial charge is 0.221 e. The third-order valence-corrected chi connectivity index (χ3v) is 2.75. The van der Waals surface area contributed by atoms with Gasteiger partial charge in [0.25, 0.3) is 0 Å². The Hall–Kier alpha value is -1.35. The third kappa shape index (κ3) is 5.50. The molecular weight excluding hydrogens is 212 g/mol. The summed E-state index contributed by atoms with van der Waals surface area (Å²) >= 11 is 0. The molecule has 17 heavy (non-hydrogen) atoms. The molecule has 0 bridgehead atoms. The number of amides is 1. The van der Waals surface area contributed by atoms with Gasteiger partial charge < -0.3 is 10.6 Å². The lowest BCUT2D eigenvalue weighted by Crippen LogP contribution is -2.30. The first-order valence-electron chi connectivity index (χ1n) is 6.26. The SMILES string of the molecule is CCNCCC(=O)NCC(C)c1ccccc1. The molecule has 0 aliphatic rings. The van der Waals surface area contributed by atoms with Gasteiger partial charge in [-0.3, -0.25) is 4.79 Å². The molecule has 1 unspecified atom stereocenters. The number of benzene rings is 1. The van der Waals surface area contributed by atoms with E-state index >= 15 is 0 Å². The zero-order valence-corrected chi connectivity index (χ0v) is 10.7. The Labute approximate surface area is 104 Å². The highest BCUT2D eigenvalue weighted by Crippen LogP contribution is 2.12. The second-order valence-electron chi connectivity index (χ2n) is 4.22. The largest absolute Gasteiger partial charge is 0.355 e. The van der Waals surface area contributed by atoms with Crippen molar-refractivity contribution in [1.82, 2.24) is 10.6 Å². The Bertz CT molecular complexity index is 324. The molecule has 94 valence electrons. The summed E-state index contributed by atoms with van der Waals surface area (Å²) in [6.07, 6.45) is 0.551. The number of carbonyl (C=O) groups is 1. The van der Waals surface area contributed by atoms with Crippen LogP contribution in [0.4, 0.5) is 0 Å². The number of carbonyl (C=O) groups excluding carboxylic acids is 1. The first-order chi connectivity index (χ1) is 8.24.